The number of alkyl halides is 1. The summed E-state index contributed by atoms with van der Waals surface area (Å²) in [6, 6.07) is 13.5. The fourth-order valence-electron chi connectivity index (χ4n) is 2.08. The van der Waals surface area contributed by atoms with Crippen LogP contribution >= 0.6 is 27.3 Å². The molecule has 4 nitrogen and oxygen atoms in total. The molecule has 2 aromatic heterocycles. The molecule has 0 saturated carbocycles. The highest BCUT2D eigenvalue weighted by atomic mass is 79.9. The van der Waals surface area contributed by atoms with Crippen LogP contribution in [0.3, 0.4) is 0 Å². The standard InChI is InChI=1S/C17H14BrN3OS/c18-8-7-16(22)20-13-5-3-4-12(10-13)15-11-23-17(21-15)14-6-1-2-9-19-14/h1-6,9-11H,7-8H2,(H,20,22). The van der Waals surface area contributed by atoms with Crippen LogP contribution < -0.4 is 5.32 Å². The van der Waals surface area contributed by atoms with Gasteiger partial charge in [0.15, 0.2) is 0 Å². The summed E-state index contributed by atoms with van der Waals surface area (Å²) in [5.41, 5.74) is 3.50. The van der Waals surface area contributed by atoms with E-state index in [2.05, 4.69) is 31.2 Å². The molecule has 1 N–H and O–H groups in total. The fourth-order valence-corrected chi connectivity index (χ4v) is 3.24. The topological polar surface area (TPSA) is 54.9 Å². The van der Waals surface area contributed by atoms with E-state index in [-0.39, 0.29) is 5.91 Å². The highest BCUT2D eigenvalue weighted by Crippen LogP contribution is 2.28. The Hall–Kier alpha value is -2.05. The van der Waals surface area contributed by atoms with Crippen molar-refractivity contribution in [3.8, 4) is 22.0 Å². The van der Waals surface area contributed by atoms with Crippen molar-refractivity contribution in [2.24, 2.45) is 0 Å². The first kappa shape index (κ1) is 15.8. The Morgan fingerprint density at radius 2 is 2.09 bits per heavy atom. The molecule has 0 unspecified atom stereocenters. The van der Waals surface area contributed by atoms with Gasteiger partial charge in [-0.05, 0) is 24.3 Å². The van der Waals surface area contributed by atoms with Crippen molar-refractivity contribution < 1.29 is 4.79 Å². The van der Waals surface area contributed by atoms with Gasteiger partial charge in [0.1, 0.15) is 5.01 Å². The lowest BCUT2D eigenvalue weighted by Gasteiger charge is -2.05. The third kappa shape index (κ3) is 4.03. The number of carbonyl (C=O) groups is 1. The molecule has 0 aliphatic carbocycles. The number of carbonyl (C=O) groups excluding carboxylic acids is 1. The summed E-state index contributed by atoms with van der Waals surface area (Å²) < 4.78 is 0. The summed E-state index contributed by atoms with van der Waals surface area (Å²) in [5, 5.41) is 6.42. The molecule has 0 bridgehead atoms. The Kier molecular flexibility index (Phi) is 5.15. The molecule has 2 heterocycles. The van der Waals surface area contributed by atoms with Gasteiger partial charge in [0, 0.05) is 34.6 Å². The Balaban J connectivity index is 1.82. The zero-order chi connectivity index (χ0) is 16.1. The van der Waals surface area contributed by atoms with E-state index in [1.807, 2.05) is 47.8 Å². The maximum absolute atomic E-state index is 11.7. The number of nitrogens with one attached hydrogen (secondary N) is 1. The number of halogens is 1. The van der Waals surface area contributed by atoms with E-state index in [0.717, 1.165) is 27.6 Å². The first-order chi connectivity index (χ1) is 11.3. The number of pyridine rings is 1. The van der Waals surface area contributed by atoms with Crippen LogP contribution in [0.15, 0.2) is 54.0 Å². The van der Waals surface area contributed by atoms with E-state index < -0.39 is 0 Å². The number of nitrogens with zero attached hydrogens (tertiary/aromatic N) is 2. The lowest BCUT2D eigenvalue weighted by Crippen LogP contribution is -2.11. The summed E-state index contributed by atoms with van der Waals surface area (Å²) >= 11 is 4.82. The molecule has 116 valence electrons. The third-order valence-corrected chi connectivity index (χ3v) is 4.41. The van der Waals surface area contributed by atoms with Gasteiger partial charge in [-0.25, -0.2) is 4.98 Å². The van der Waals surface area contributed by atoms with Gasteiger partial charge in [0.25, 0.3) is 0 Å². The molecule has 1 aromatic carbocycles. The van der Waals surface area contributed by atoms with Crippen LogP contribution in [0.25, 0.3) is 22.0 Å². The molecule has 0 saturated heterocycles. The van der Waals surface area contributed by atoms with Gasteiger partial charge in [0.2, 0.25) is 5.91 Å². The monoisotopic (exact) mass is 387 g/mol. The average molecular weight is 388 g/mol. The summed E-state index contributed by atoms with van der Waals surface area (Å²) in [6.07, 6.45) is 2.21. The first-order valence-electron chi connectivity index (χ1n) is 7.09. The van der Waals surface area contributed by atoms with Crippen molar-refractivity contribution in [3.63, 3.8) is 0 Å². The Morgan fingerprint density at radius 1 is 1.17 bits per heavy atom. The zero-order valence-electron chi connectivity index (χ0n) is 12.2. The van der Waals surface area contributed by atoms with Crippen molar-refractivity contribution in [1.82, 2.24) is 9.97 Å². The van der Waals surface area contributed by atoms with Gasteiger partial charge in [-0.15, -0.1) is 11.3 Å². The number of benzene rings is 1. The molecular weight excluding hydrogens is 374 g/mol. The van der Waals surface area contributed by atoms with Crippen LogP contribution in [-0.2, 0) is 4.79 Å². The lowest BCUT2D eigenvalue weighted by atomic mass is 10.1. The highest BCUT2D eigenvalue weighted by Gasteiger charge is 2.08. The number of aromatic nitrogens is 2. The Morgan fingerprint density at radius 3 is 2.87 bits per heavy atom. The molecule has 3 aromatic rings. The van der Waals surface area contributed by atoms with E-state index >= 15 is 0 Å². The van der Waals surface area contributed by atoms with Gasteiger partial charge >= 0.3 is 0 Å². The van der Waals surface area contributed by atoms with Crippen molar-refractivity contribution in [2.45, 2.75) is 6.42 Å². The summed E-state index contributed by atoms with van der Waals surface area (Å²) in [6.45, 7) is 0. The Bertz CT molecular complexity index is 804. The van der Waals surface area contributed by atoms with Gasteiger partial charge in [-0.1, -0.05) is 34.1 Å². The van der Waals surface area contributed by atoms with Gasteiger partial charge < -0.3 is 5.32 Å². The summed E-state index contributed by atoms with van der Waals surface area (Å²) in [7, 11) is 0. The number of amides is 1. The van der Waals surface area contributed by atoms with Crippen molar-refractivity contribution >= 4 is 38.9 Å². The maximum atomic E-state index is 11.7. The van der Waals surface area contributed by atoms with Crippen LogP contribution in [0.5, 0.6) is 0 Å². The normalized spacial score (nSPS) is 10.5. The number of hydrogen-bond donors (Lipinski definition) is 1. The molecule has 0 aliphatic heterocycles. The van der Waals surface area contributed by atoms with E-state index in [1.165, 1.54) is 0 Å². The third-order valence-electron chi connectivity index (χ3n) is 3.15. The van der Waals surface area contributed by atoms with Crippen LogP contribution in [0.2, 0.25) is 0 Å². The number of anilines is 1. The van der Waals surface area contributed by atoms with Crippen LogP contribution in [-0.4, -0.2) is 21.2 Å². The minimum atomic E-state index is -0.00789. The predicted octanol–water partition coefficient (Wildman–Crippen LogP) is 4.60. The van der Waals surface area contributed by atoms with Gasteiger partial charge in [-0.2, -0.15) is 0 Å². The van der Waals surface area contributed by atoms with Gasteiger partial charge in [-0.3, -0.25) is 9.78 Å². The minimum absolute atomic E-state index is 0.00789. The molecule has 23 heavy (non-hydrogen) atoms. The second-order valence-electron chi connectivity index (χ2n) is 4.82. The Labute approximate surface area is 146 Å². The van der Waals surface area contributed by atoms with Gasteiger partial charge in [0.05, 0.1) is 11.4 Å². The largest absolute Gasteiger partial charge is 0.326 e. The zero-order valence-corrected chi connectivity index (χ0v) is 14.6. The maximum Gasteiger partial charge on any atom is 0.225 e. The number of hydrogen-bond acceptors (Lipinski definition) is 4. The fraction of sp³-hybridized carbons (Fsp3) is 0.118. The SMILES string of the molecule is O=C(CCBr)Nc1cccc(-c2csc(-c3ccccn3)n2)c1. The average Bonchev–Trinajstić information content (AvgIpc) is 3.06. The lowest BCUT2D eigenvalue weighted by molar-refractivity contribution is -0.115. The van der Waals surface area contributed by atoms with Crippen molar-refractivity contribution in [2.75, 3.05) is 10.6 Å². The highest BCUT2D eigenvalue weighted by molar-refractivity contribution is 9.09. The van der Waals surface area contributed by atoms with Crippen LogP contribution in [0.4, 0.5) is 5.69 Å². The molecule has 3 rings (SSSR count). The van der Waals surface area contributed by atoms with Crippen molar-refractivity contribution in [1.29, 1.82) is 0 Å². The summed E-state index contributed by atoms with van der Waals surface area (Å²) in [4.78, 5) is 20.6. The second-order valence-corrected chi connectivity index (χ2v) is 6.47. The van der Waals surface area contributed by atoms with Crippen LogP contribution in [0.1, 0.15) is 6.42 Å². The van der Waals surface area contributed by atoms with E-state index in [9.17, 15) is 4.79 Å². The molecule has 6 heteroatoms. The van der Waals surface area contributed by atoms with Crippen LogP contribution in [0, 0.1) is 0 Å². The second kappa shape index (κ2) is 7.48. The molecular formula is C17H14BrN3OS. The van der Waals surface area contributed by atoms with E-state index in [4.69, 9.17) is 0 Å². The van der Waals surface area contributed by atoms with Crippen molar-refractivity contribution in [3.05, 3.63) is 54.0 Å². The molecule has 0 spiro atoms. The molecule has 0 aliphatic rings. The first-order valence-corrected chi connectivity index (χ1v) is 9.09. The number of rotatable bonds is 5. The minimum Gasteiger partial charge on any atom is -0.326 e. The van der Waals surface area contributed by atoms with E-state index in [0.29, 0.717) is 11.8 Å². The quantitative estimate of drug-likeness (QED) is 0.651. The van der Waals surface area contributed by atoms with E-state index in [1.54, 1.807) is 17.5 Å². The number of thiazole rings is 1. The predicted molar refractivity (Wildman–Crippen MR) is 97.8 cm³/mol. The molecule has 1 amide bonds. The molecule has 0 atom stereocenters. The molecule has 0 radical (unpaired) electrons. The summed E-state index contributed by atoms with van der Waals surface area (Å²) in [5.74, 6) is -0.00789. The smallest absolute Gasteiger partial charge is 0.225 e. The molecule has 0 fully saturated rings.